The summed E-state index contributed by atoms with van der Waals surface area (Å²) >= 11 is 0. The fraction of sp³-hybridized carbons (Fsp3) is 0.182. The summed E-state index contributed by atoms with van der Waals surface area (Å²) in [6.07, 6.45) is -0.0198. The van der Waals surface area contributed by atoms with E-state index in [-0.39, 0.29) is 12.3 Å². The Hall–Kier alpha value is -2.41. The Balaban J connectivity index is 2.12. The highest BCUT2D eigenvalue weighted by atomic mass is 16.2. The molecule has 1 saturated heterocycles. The number of nitrogens with one attached hydrogen (secondary N) is 2. The highest BCUT2D eigenvalue weighted by molar-refractivity contribution is 6.22. The van der Waals surface area contributed by atoms with Crippen LogP contribution in [0.5, 0.6) is 0 Å². The zero-order chi connectivity index (χ0) is 13.1. The molecule has 1 aromatic carbocycles. The Bertz CT molecular complexity index is 488. The first kappa shape index (κ1) is 12.1. The Labute approximate surface area is 103 Å². The van der Waals surface area contributed by atoms with Gasteiger partial charge in [0, 0.05) is 0 Å². The van der Waals surface area contributed by atoms with E-state index in [0.29, 0.717) is 5.69 Å². The molecule has 1 fully saturated rings. The van der Waals surface area contributed by atoms with Gasteiger partial charge in [0.05, 0.1) is 12.1 Å². The number of rotatable bonds is 3. The molecule has 0 aromatic heterocycles. The van der Waals surface area contributed by atoms with Gasteiger partial charge < -0.3 is 5.73 Å². The van der Waals surface area contributed by atoms with E-state index >= 15 is 0 Å². The Morgan fingerprint density at radius 1 is 1.28 bits per heavy atom. The summed E-state index contributed by atoms with van der Waals surface area (Å²) in [5.74, 6) is -0.741. The van der Waals surface area contributed by atoms with Crippen molar-refractivity contribution in [3.63, 3.8) is 0 Å². The lowest BCUT2D eigenvalue weighted by atomic mass is 10.2. The Kier molecular flexibility index (Phi) is 3.24. The molecule has 4 amide bonds. The Morgan fingerprint density at radius 2 is 1.94 bits per heavy atom. The van der Waals surface area contributed by atoms with Gasteiger partial charge >= 0.3 is 6.03 Å². The van der Waals surface area contributed by atoms with Crippen molar-refractivity contribution >= 4 is 23.5 Å². The monoisotopic (exact) mass is 248 g/mol. The van der Waals surface area contributed by atoms with Crippen LogP contribution in [0.4, 0.5) is 10.5 Å². The smallest absolute Gasteiger partial charge is 0.326 e. The minimum atomic E-state index is -0.812. The van der Waals surface area contributed by atoms with Crippen molar-refractivity contribution < 1.29 is 14.4 Å². The first-order chi connectivity index (χ1) is 8.59. The second kappa shape index (κ2) is 4.84. The van der Waals surface area contributed by atoms with Crippen molar-refractivity contribution in [2.45, 2.75) is 12.5 Å². The highest BCUT2D eigenvalue weighted by Gasteiger charge is 2.39. The topological polar surface area (TPSA) is 105 Å². The number of anilines is 1. The van der Waals surface area contributed by atoms with Gasteiger partial charge in [-0.25, -0.2) is 15.1 Å². The van der Waals surface area contributed by atoms with Gasteiger partial charge in [0.1, 0.15) is 6.04 Å². The number of hydrazine groups is 1. The van der Waals surface area contributed by atoms with Crippen molar-refractivity contribution in [1.82, 2.24) is 10.9 Å². The maximum Gasteiger partial charge on any atom is 0.326 e. The molecule has 18 heavy (non-hydrogen) atoms. The number of para-hydroxylation sites is 1. The van der Waals surface area contributed by atoms with E-state index in [0.717, 1.165) is 4.90 Å². The number of urea groups is 1. The molecule has 4 N–H and O–H groups in total. The molecule has 0 bridgehead atoms. The maximum atomic E-state index is 12.0. The van der Waals surface area contributed by atoms with Crippen molar-refractivity contribution in [3.05, 3.63) is 30.3 Å². The number of nitrogens with zero attached hydrogens (tertiary/aromatic N) is 1. The lowest BCUT2D eigenvalue weighted by Gasteiger charge is -2.15. The second-order valence-electron chi connectivity index (χ2n) is 3.79. The summed E-state index contributed by atoms with van der Waals surface area (Å²) in [6, 6.07) is 6.99. The molecular formula is C11H12N4O3. The minimum Gasteiger partial charge on any atom is -0.351 e. The number of nitrogens with two attached hydrogens (primary N) is 1. The number of benzene rings is 1. The number of imide groups is 1. The molecule has 94 valence electrons. The van der Waals surface area contributed by atoms with Crippen molar-refractivity contribution in [1.29, 1.82) is 0 Å². The number of carbonyl (C=O) groups is 3. The summed E-state index contributed by atoms with van der Waals surface area (Å²) in [5, 5.41) is 0. The number of carbonyl (C=O) groups excluding carboxylic acids is 3. The van der Waals surface area contributed by atoms with Crippen LogP contribution in [-0.4, -0.2) is 23.9 Å². The van der Waals surface area contributed by atoms with Gasteiger partial charge in [-0.15, -0.1) is 0 Å². The van der Waals surface area contributed by atoms with Gasteiger partial charge in [-0.3, -0.25) is 15.0 Å². The van der Waals surface area contributed by atoms with E-state index in [1.807, 2.05) is 0 Å². The van der Waals surface area contributed by atoms with Gasteiger partial charge in [0.2, 0.25) is 5.91 Å². The van der Waals surface area contributed by atoms with Crippen LogP contribution < -0.4 is 21.5 Å². The van der Waals surface area contributed by atoms with Crippen LogP contribution in [0.25, 0.3) is 0 Å². The van der Waals surface area contributed by atoms with Gasteiger partial charge in [-0.1, -0.05) is 18.2 Å². The fourth-order valence-corrected chi connectivity index (χ4v) is 1.75. The van der Waals surface area contributed by atoms with E-state index in [1.165, 1.54) is 0 Å². The van der Waals surface area contributed by atoms with Crippen LogP contribution in [-0.2, 0) is 9.59 Å². The summed E-state index contributed by atoms with van der Waals surface area (Å²) in [4.78, 5) is 35.4. The molecule has 7 heteroatoms. The van der Waals surface area contributed by atoms with Crippen molar-refractivity contribution in [3.8, 4) is 0 Å². The zero-order valence-electron chi connectivity index (χ0n) is 9.42. The minimum absolute atomic E-state index is 0.0198. The SMILES string of the molecule is NC(=O)NN[C@H]1CC(=O)N(c2ccccc2)C1=O. The lowest BCUT2D eigenvalue weighted by Crippen LogP contribution is -2.50. The van der Waals surface area contributed by atoms with Crippen LogP contribution in [0.3, 0.4) is 0 Å². The first-order valence-electron chi connectivity index (χ1n) is 5.32. The number of amides is 4. The third-order valence-corrected chi connectivity index (χ3v) is 2.53. The van der Waals surface area contributed by atoms with E-state index in [4.69, 9.17) is 5.73 Å². The molecule has 1 aliphatic heterocycles. The molecule has 1 heterocycles. The molecule has 0 unspecified atom stereocenters. The van der Waals surface area contributed by atoms with E-state index < -0.39 is 18.0 Å². The molecule has 1 aromatic rings. The zero-order valence-corrected chi connectivity index (χ0v) is 9.42. The maximum absolute atomic E-state index is 12.0. The first-order valence-corrected chi connectivity index (χ1v) is 5.32. The van der Waals surface area contributed by atoms with Crippen molar-refractivity contribution in [2.24, 2.45) is 5.73 Å². The molecule has 0 radical (unpaired) electrons. The number of hydrogen-bond acceptors (Lipinski definition) is 4. The molecule has 7 nitrogen and oxygen atoms in total. The van der Waals surface area contributed by atoms with E-state index in [9.17, 15) is 14.4 Å². The summed E-state index contributed by atoms with van der Waals surface area (Å²) < 4.78 is 0. The average Bonchev–Trinajstić information content (AvgIpc) is 2.63. The lowest BCUT2D eigenvalue weighted by molar-refractivity contribution is -0.121. The third kappa shape index (κ3) is 2.30. The largest absolute Gasteiger partial charge is 0.351 e. The number of hydrogen-bond donors (Lipinski definition) is 3. The molecule has 0 aliphatic carbocycles. The molecule has 1 aliphatic rings. The summed E-state index contributed by atoms with van der Waals surface area (Å²) in [6.45, 7) is 0. The van der Waals surface area contributed by atoms with Crippen LogP contribution in [0.15, 0.2) is 30.3 Å². The molecule has 1 atom stereocenters. The van der Waals surface area contributed by atoms with Crippen LogP contribution in [0.1, 0.15) is 6.42 Å². The van der Waals surface area contributed by atoms with Gasteiger partial charge in [0.15, 0.2) is 0 Å². The van der Waals surface area contributed by atoms with Crippen molar-refractivity contribution in [2.75, 3.05) is 4.90 Å². The molecule has 0 saturated carbocycles. The fourth-order valence-electron chi connectivity index (χ4n) is 1.75. The number of primary amides is 1. The average molecular weight is 248 g/mol. The van der Waals surface area contributed by atoms with Gasteiger partial charge in [-0.2, -0.15) is 0 Å². The predicted molar refractivity (Wildman–Crippen MR) is 63.2 cm³/mol. The molecule has 2 rings (SSSR count). The summed E-state index contributed by atoms with van der Waals surface area (Å²) in [5.41, 5.74) is 9.91. The van der Waals surface area contributed by atoms with Gasteiger partial charge in [0.25, 0.3) is 5.91 Å². The standard InChI is InChI=1S/C11H12N4O3/c12-11(18)14-13-8-6-9(16)15(10(8)17)7-4-2-1-3-5-7/h1-5,8,13H,6H2,(H3,12,14,18)/t8-/m0/s1. The van der Waals surface area contributed by atoms with Crippen LogP contribution in [0.2, 0.25) is 0 Å². The second-order valence-corrected chi connectivity index (χ2v) is 3.79. The normalized spacial score (nSPS) is 19.1. The Morgan fingerprint density at radius 3 is 2.56 bits per heavy atom. The van der Waals surface area contributed by atoms with E-state index in [2.05, 4.69) is 10.9 Å². The molecular weight excluding hydrogens is 236 g/mol. The van der Waals surface area contributed by atoms with E-state index in [1.54, 1.807) is 30.3 Å². The van der Waals surface area contributed by atoms with Crippen LogP contribution in [0, 0.1) is 0 Å². The highest BCUT2D eigenvalue weighted by Crippen LogP contribution is 2.21. The molecule has 0 spiro atoms. The third-order valence-electron chi connectivity index (χ3n) is 2.53. The van der Waals surface area contributed by atoms with Gasteiger partial charge in [-0.05, 0) is 12.1 Å². The predicted octanol–water partition coefficient (Wildman–Crippen LogP) is -0.509. The summed E-state index contributed by atoms with van der Waals surface area (Å²) in [7, 11) is 0. The quantitative estimate of drug-likeness (QED) is 0.495. The van der Waals surface area contributed by atoms with Crippen LogP contribution >= 0.6 is 0 Å².